The second kappa shape index (κ2) is 7.14. The minimum Gasteiger partial charge on any atom is -0.493 e. The van der Waals surface area contributed by atoms with Crippen molar-refractivity contribution in [1.82, 2.24) is 4.98 Å². The Kier molecular flexibility index (Phi) is 5.24. The number of benzene rings is 1. The number of pyridine rings is 1. The average Bonchev–Trinajstić information content (AvgIpc) is 2.52. The molecule has 1 aromatic carbocycles. The molecule has 5 heteroatoms. The molecule has 0 bridgehead atoms. The zero-order valence-corrected chi connectivity index (χ0v) is 13.0. The first-order valence-corrected chi connectivity index (χ1v) is 7.24. The minimum absolute atomic E-state index is 0.374. The highest BCUT2D eigenvalue weighted by Crippen LogP contribution is 2.30. The smallest absolute Gasteiger partial charge is 0.219 e. The summed E-state index contributed by atoms with van der Waals surface area (Å²) in [6.07, 6.45) is 1.69. The van der Waals surface area contributed by atoms with Gasteiger partial charge in [-0.15, -0.1) is 0 Å². The van der Waals surface area contributed by atoms with Crippen LogP contribution in [0.4, 0.5) is 0 Å². The predicted molar refractivity (Wildman–Crippen MR) is 80.7 cm³/mol. The van der Waals surface area contributed by atoms with Gasteiger partial charge < -0.3 is 14.2 Å². The summed E-state index contributed by atoms with van der Waals surface area (Å²) in [5.74, 6) is 1.98. The van der Waals surface area contributed by atoms with E-state index in [2.05, 4.69) is 20.9 Å². The normalized spacial score (nSPS) is 10.2. The number of hydrogen-bond acceptors (Lipinski definition) is 4. The van der Waals surface area contributed by atoms with Gasteiger partial charge in [0.2, 0.25) is 5.88 Å². The largest absolute Gasteiger partial charge is 0.493 e. The summed E-state index contributed by atoms with van der Waals surface area (Å²) in [7, 11) is 3.22. The maximum atomic E-state index is 5.83. The van der Waals surface area contributed by atoms with Crippen molar-refractivity contribution in [2.75, 3.05) is 14.2 Å². The summed E-state index contributed by atoms with van der Waals surface area (Å²) in [6.45, 7) is 0.374. The lowest BCUT2D eigenvalue weighted by Crippen LogP contribution is -2.01. The van der Waals surface area contributed by atoms with Crippen LogP contribution in [-0.2, 0) is 11.9 Å². The second-order valence-corrected chi connectivity index (χ2v) is 4.64. The molecule has 0 aliphatic heterocycles. The van der Waals surface area contributed by atoms with Gasteiger partial charge in [-0.3, -0.25) is 0 Å². The molecule has 0 aliphatic rings. The monoisotopic (exact) mass is 337 g/mol. The Labute approximate surface area is 126 Å². The minimum atomic E-state index is 0.374. The molecule has 0 atom stereocenters. The van der Waals surface area contributed by atoms with E-state index in [4.69, 9.17) is 14.2 Å². The second-order valence-electron chi connectivity index (χ2n) is 4.08. The van der Waals surface area contributed by atoms with E-state index in [1.165, 1.54) is 0 Å². The summed E-state index contributed by atoms with van der Waals surface area (Å²) in [6, 6.07) is 9.62. The van der Waals surface area contributed by atoms with E-state index in [-0.39, 0.29) is 0 Å². The van der Waals surface area contributed by atoms with Crippen LogP contribution in [0.3, 0.4) is 0 Å². The SMILES string of the molecule is COc1ccc(CBr)cc1OCc1cccnc1OC. The van der Waals surface area contributed by atoms with E-state index in [9.17, 15) is 0 Å². The van der Waals surface area contributed by atoms with Crippen LogP contribution in [-0.4, -0.2) is 19.2 Å². The molecule has 2 aromatic rings. The molecule has 0 aliphatic carbocycles. The standard InChI is InChI=1S/C15H16BrNO3/c1-18-13-6-5-11(9-16)8-14(13)20-10-12-4-3-7-17-15(12)19-2/h3-8H,9-10H2,1-2H3. The number of nitrogens with zero attached hydrogens (tertiary/aromatic N) is 1. The molecule has 0 saturated heterocycles. The zero-order valence-electron chi connectivity index (χ0n) is 11.4. The molecule has 0 unspecified atom stereocenters. The van der Waals surface area contributed by atoms with Crippen molar-refractivity contribution in [2.45, 2.75) is 11.9 Å². The Morgan fingerprint density at radius 1 is 1.10 bits per heavy atom. The first kappa shape index (κ1) is 14.7. The van der Waals surface area contributed by atoms with E-state index in [0.29, 0.717) is 24.0 Å². The van der Waals surface area contributed by atoms with Gasteiger partial charge in [0.1, 0.15) is 6.61 Å². The van der Waals surface area contributed by atoms with Crippen molar-refractivity contribution in [3.05, 3.63) is 47.7 Å². The lowest BCUT2D eigenvalue weighted by atomic mass is 10.2. The molecule has 0 spiro atoms. The Balaban J connectivity index is 2.17. The highest BCUT2D eigenvalue weighted by molar-refractivity contribution is 9.08. The van der Waals surface area contributed by atoms with E-state index in [0.717, 1.165) is 16.5 Å². The Morgan fingerprint density at radius 2 is 1.95 bits per heavy atom. The van der Waals surface area contributed by atoms with Gasteiger partial charge in [-0.2, -0.15) is 0 Å². The van der Waals surface area contributed by atoms with Crippen LogP contribution < -0.4 is 14.2 Å². The molecule has 20 heavy (non-hydrogen) atoms. The number of methoxy groups -OCH3 is 2. The number of hydrogen-bond donors (Lipinski definition) is 0. The Morgan fingerprint density at radius 3 is 2.65 bits per heavy atom. The van der Waals surface area contributed by atoms with Crippen molar-refractivity contribution in [3.8, 4) is 17.4 Å². The van der Waals surface area contributed by atoms with Crippen LogP contribution in [0, 0.1) is 0 Å². The molecule has 0 radical (unpaired) electrons. The fourth-order valence-electron chi connectivity index (χ4n) is 1.79. The van der Waals surface area contributed by atoms with E-state index in [1.807, 2.05) is 30.3 Å². The summed E-state index contributed by atoms with van der Waals surface area (Å²) < 4.78 is 16.3. The van der Waals surface area contributed by atoms with Crippen LogP contribution in [0.5, 0.6) is 17.4 Å². The number of alkyl halides is 1. The lowest BCUT2D eigenvalue weighted by Gasteiger charge is -2.13. The van der Waals surface area contributed by atoms with Gasteiger partial charge in [0.15, 0.2) is 11.5 Å². The molecule has 0 amide bonds. The quantitative estimate of drug-likeness (QED) is 0.755. The molecule has 1 aromatic heterocycles. The van der Waals surface area contributed by atoms with Crippen molar-refractivity contribution in [1.29, 1.82) is 0 Å². The first-order valence-electron chi connectivity index (χ1n) is 6.12. The molecular formula is C15H16BrNO3. The van der Waals surface area contributed by atoms with E-state index in [1.54, 1.807) is 20.4 Å². The van der Waals surface area contributed by atoms with Crippen molar-refractivity contribution in [2.24, 2.45) is 0 Å². The Hall–Kier alpha value is -1.75. The van der Waals surface area contributed by atoms with Crippen molar-refractivity contribution >= 4 is 15.9 Å². The van der Waals surface area contributed by atoms with E-state index >= 15 is 0 Å². The third-order valence-corrected chi connectivity index (χ3v) is 3.46. The lowest BCUT2D eigenvalue weighted by molar-refractivity contribution is 0.276. The van der Waals surface area contributed by atoms with Gasteiger partial charge in [0.25, 0.3) is 0 Å². The molecule has 0 saturated carbocycles. The summed E-state index contributed by atoms with van der Waals surface area (Å²) >= 11 is 3.43. The van der Waals surface area contributed by atoms with Crippen molar-refractivity contribution < 1.29 is 14.2 Å². The van der Waals surface area contributed by atoms with Gasteiger partial charge in [-0.1, -0.05) is 22.0 Å². The molecule has 4 nitrogen and oxygen atoms in total. The number of ether oxygens (including phenoxy) is 3. The van der Waals surface area contributed by atoms with Gasteiger partial charge in [0, 0.05) is 11.5 Å². The predicted octanol–water partition coefficient (Wildman–Crippen LogP) is 3.57. The number of rotatable bonds is 6. The average molecular weight is 338 g/mol. The number of halogens is 1. The maximum absolute atomic E-state index is 5.83. The van der Waals surface area contributed by atoms with Gasteiger partial charge in [0.05, 0.1) is 19.8 Å². The van der Waals surface area contributed by atoms with Crippen LogP contribution in [0.25, 0.3) is 0 Å². The third kappa shape index (κ3) is 3.42. The summed E-state index contributed by atoms with van der Waals surface area (Å²) in [4.78, 5) is 4.14. The topological polar surface area (TPSA) is 40.6 Å². The summed E-state index contributed by atoms with van der Waals surface area (Å²) in [5.41, 5.74) is 2.01. The molecule has 1 heterocycles. The fourth-order valence-corrected chi connectivity index (χ4v) is 2.14. The highest BCUT2D eigenvalue weighted by Gasteiger charge is 2.08. The summed E-state index contributed by atoms with van der Waals surface area (Å²) in [5, 5.41) is 0.767. The van der Waals surface area contributed by atoms with Crippen molar-refractivity contribution in [3.63, 3.8) is 0 Å². The fraction of sp³-hybridized carbons (Fsp3) is 0.267. The molecular weight excluding hydrogens is 322 g/mol. The van der Waals surface area contributed by atoms with E-state index < -0.39 is 0 Å². The molecule has 0 fully saturated rings. The first-order chi connectivity index (χ1) is 9.78. The molecule has 0 N–H and O–H groups in total. The third-order valence-electron chi connectivity index (χ3n) is 2.81. The van der Waals surface area contributed by atoms with Crippen LogP contribution in [0.2, 0.25) is 0 Å². The van der Waals surface area contributed by atoms with Crippen LogP contribution >= 0.6 is 15.9 Å². The Bertz CT molecular complexity index is 575. The molecule has 2 rings (SSSR count). The number of aromatic nitrogens is 1. The van der Waals surface area contributed by atoms with Crippen LogP contribution in [0.15, 0.2) is 36.5 Å². The van der Waals surface area contributed by atoms with Gasteiger partial charge in [-0.05, 0) is 29.8 Å². The van der Waals surface area contributed by atoms with Gasteiger partial charge >= 0.3 is 0 Å². The van der Waals surface area contributed by atoms with Crippen LogP contribution in [0.1, 0.15) is 11.1 Å². The highest BCUT2D eigenvalue weighted by atomic mass is 79.9. The molecule has 106 valence electrons. The zero-order chi connectivity index (χ0) is 14.4. The van der Waals surface area contributed by atoms with Gasteiger partial charge in [-0.25, -0.2) is 4.98 Å². The maximum Gasteiger partial charge on any atom is 0.219 e.